The molecule has 0 bridgehead atoms. The van der Waals surface area contributed by atoms with Crippen LogP contribution in [0.5, 0.6) is 0 Å². The van der Waals surface area contributed by atoms with Gasteiger partial charge in [0.1, 0.15) is 18.8 Å². The highest BCUT2D eigenvalue weighted by molar-refractivity contribution is 5.88. The molecule has 2 atom stereocenters. The fourth-order valence-corrected chi connectivity index (χ4v) is 5.15. The normalized spacial score (nSPS) is 16.1. The molecule has 1 unspecified atom stereocenters. The zero-order chi connectivity index (χ0) is 27.5. The molecular formula is C32H61NO5. The third-order valence-corrected chi connectivity index (χ3v) is 7.65. The molecule has 1 aliphatic rings. The van der Waals surface area contributed by atoms with Crippen molar-refractivity contribution < 1.29 is 24.2 Å². The van der Waals surface area contributed by atoms with Gasteiger partial charge in [-0.25, -0.2) is 4.79 Å². The summed E-state index contributed by atoms with van der Waals surface area (Å²) in [5.74, 6) is -0.606. The van der Waals surface area contributed by atoms with Crippen LogP contribution in [0.4, 0.5) is 0 Å². The smallest absolute Gasteiger partial charge is 0.328 e. The molecule has 6 nitrogen and oxygen atoms in total. The molecule has 1 rings (SSSR count). The van der Waals surface area contributed by atoms with E-state index in [1.54, 1.807) is 0 Å². The van der Waals surface area contributed by atoms with Crippen molar-refractivity contribution in [2.45, 2.75) is 173 Å². The Morgan fingerprint density at radius 1 is 0.737 bits per heavy atom. The molecule has 224 valence electrons. The Morgan fingerprint density at radius 3 is 1.55 bits per heavy atom. The van der Waals surface area contributed by atoms with Crippen molar-refractivity contribution in [2.75, 3.05) is 19.8 Å². The lowest BCUT2D eigenvalue weighted by Crippen LogP contribution is -2.36. The van der Waals surface area contributed by atoms with E-state index in [9.17, 15) is 14.7 Å². The minimum Gasteiger partial charge on any atom is -0.461 e. The van der Waals surface area contributed by atoms with E-state index in [1.165, 1.54) is 128 Å². The first-order valence-electron chi connectivity index (χ1n) is 16.3. The van der Waals surface area contributed by atoms with Gasteiger partial charge in [-0.3, -0.25) is 4.79 Å². The Labute approximate surface area is 234 Å². The first-order valence-corrected chi connectivity index (χ1v) is 16.3. The monoisotopic (exact) mass is 539 g/mol. The van der Waals surface area contributed by atoms with E-state index < -0.39 is 18.1 Å². The van der Waals surface area contributed by atoms with Crippen LogP contribution < -0.4 is 5.32 Å². The summed E-state index contributed by atoms with van der Waals surface area (Å²) in [6.45, 7) is 2.99. The van der Waals surface area contributed by atoms with E-state index in [0.717, 1.165) is 12.8 Å². The van der Waals surface area contributed by atoms with Crippen LogP contribution >= 0.6 is 0 Å². The lowest BCUT2D eigenvalue weighted by molar-refractivity contribution is -0.150. The molecule has 1 saturated heterocycles. The topological polar surface area (TPSA) is 84.9 Å². The summed E-state index contributed by atoms with van der Waals surface area (Å²) in [7, 11) is 0. The van der Waals surface area contributed by atoms with Crippen LogP contribution in [0, 0.1) is 0 Å². The summed E-state index contributed by atoms with van der Waals surface area (Å²) >= 11 is 0. The highest BCUT2D eigenvalue weighted by Crippen LogP contribution is 2.15. The predicted molar refractivity (Wildman–Crippen MR) is 156 cm³/mol. The molecule has 1 fully saturated rings. The number of amides is 1. The molecule has 0 aromatic carbocycles. The van der Waals surface area contributed by atoms with Crippen molar-refractivity contribution >= 4 is 11.9 Å². The van der Waals surface area contributed by atoms with Gasteiger partial charge in [-0.15, -0.1) is 0 Å². The second-order valence-corrected chi connectivity index (χ2v) is 11.4. The van der Waals surface area contributed by atoms with Crippen LogP contribution in [0.25, 0.3) is 0 Å². The third-order valence-electron chi connectivity index (χ3n) is 7.65. The number of rotatable bonds is 28. The Bertz CT molecular complexity index is 556. The lowest BCUT2D eigenvalue weighted by Gasteiger charge is -2.14. The molecule has 0 radical (unpaired) electrons. The van der Waals surface area contributed by atoms with E-state index in [2.05, 4.69) is 12.2 Å². The largest absolute Gasteiger partial charge is 0.461 e. The SMILES string of the molecule is CCCCCCCCCCCCCCCCCCCCCCCCOCC(O)COC(=O)[C@@H]1CCC(=O)N1. The Balaban J connectivity index is 1.70. The van der Waals surface area contributed by atoms with Crippen LogP contribution in [-0.2, 0) is 19.1 Å². The standard InChI is InChI=1S/C32H61NO5/c1-2-3-4-5-6-7-8-9-10-11-12-13-14-15-16-17-18-19-20-21-22-23-26-37-27-29(34)28-38-32(36)30-24-25-31(35)33-30/h29-30,34H,2-28H2,1H3,(H,33,35)/t29?,30-/m0/s1. The molecule has 0 aromatic rings. The van der Waals surface area contributed by atoms with Gasteiger partial charge < -0.3 is 19.9 Å². The minimum absolute atomic E-state index is 0.0927. The number of unbranched alkanes of at least 4 members (excludes halogenated alkanes) is 21. The molecule has 1 amide bonds. The number of hydrogen-bond donors (Lipinski definition) is 2. The first kappa shape index (κ1) is 34.9. The molecule has 38 heavy (non-hydrogen) atoms. The maximum absolute atomic E-state index is 11.8. The van der Waals surface area contributed by atoms with E-state index in [0.29, 0.717) is 19.4 Å². The van der Waals surface area contributed by atoms with Gasteiger partial charge in [0.05, 0.1) is 6.61 Å². The third kappa shape index (κ3) is 21.8. The van der Waals surface area contributed by atoms with Crippen molar-refractivity contribution in [3.8, 4) is 0 Å². The number of nitrogens with one attached hydrogen (secondary N) is 1. The number of carbonyl (C=O) groups is 2. The first-order chi connectivity index (χ1) is 18.6. The summed E-state index contributed by atoms with van der Waals surface area (Å²) in [5.41, 5.74) is 0. The highest BCUT2D eigenvalue weighted by atomic mass is 16.5. The molecule has 0 saturated carbocycles. The average molecular weight is 540 g/mol. The lowest BCUT2D eigenvalue weighted by atomic mass is 10.0. The molecular weight excluding hydrogens is 478 g/mol. The van der Waals surface area contributed by atoms with Crippen LogP contribution in [0.1, 0.15) is 161 Å². The fraction of sp³-hybridized carbons (Fsp3) is 0.938. The van der Waals surface area contributed by atoms with E-state index in [4.69, 9.17) is 9.47 Å². The molecule has 1 heterocycles. The summed E-state index contributed by atoms with van der Waals surface area (Å²) in [4.78, 5) is 22.9. The van der Waals surface area contributed by atoms with Gasteiger partial charge in [0.25, 0.3) is 0 Å². The molecule has 6 heteroatoms. The van der Waals surface area contributed by atoms with Gasteiger partial charge in [-0.2, -0.15) is 0 Å². The number of ether oxygens (including phenoxy) is 2. The maximum atomic E-state index is 11.8. The predicted octanol–water partition coefficient (Wildman–Crippen LogP) is 7.79. The van der Waals surface area contributed by atoms with Crippen molar-refractivity contribution in [3.63, 3.8) is 0 Å². The Kier molecular flexibility index (Phi) is 24.0. The zero-order valence-corrected chi connectivity index (χ0v) is 24.8. The fourth-order valence-electron chi connectivity index (χ4n) is 5.15. The second-order valence-electron chi connectivity index (χ2n) is 11.4. The van der Waals surface area contributed by atoms with Gasteiger partial charge in [-0.1, -0.05) is 142 Å². The van der Waals surface area contributed by atoms with E-state index in [-0.39, 0.29) is 19.1 Å². The minimum atomic E-state index is -0.823. The van der Waals surface area contributed by atoms with Crippen molar-refractivity contribution in [1.82, 2.24) is 5.32 Å². The number of aliphatic hydroxyl groups excluding tert-OH is 1. The van der Waals surface area contributed by atoms with Gasteiger partial charge in [0.2, 0.25) is 5.91 Å². The maximum Gasteiger partial charge on any atom is 0.328 e. The number of esters is 1. The quantitative estimate of drug-likeness (QED) is 0.0783. The molecule has 0 spiro atoms. The van der Waals surface area contributed by atoms with Crippen LogP contribution in [-0.4, -0.2) is 48.9 Å². The Hall–Kier alpha value is -1.14. The van der Waals surface area contributed by atoms with Gasteiger partial charge in [0, 0.05) is 13.0 Å². The van der Waals surface area contributed by atoms with Crippen molar-refractivity contribution in [2.24, 2.45) is 0 Å². The van der Waals surface area contributed by atoms with Crippen molar-refractivity contribution in [3.05, 3.63) is 0 Å². The van der Waals surface area contributed by atoms with Gasteiger partial charge in [0.15, 0.2) is 0 Å². The van der Waals surface area contributed by atoms with Crippen LogP contribution in [0.3, 0.4) is 0 Å². The van der Waals surface area contributed by atoms with Crippen LogP contribution in [0.2, 0.25) is 0 Å². The van der Waals surface area contributed by atoms with Gasteiger partial charge in [-0.05, 0) is 12.8 Å². The molecule has 1 aliphatic heterocycles. The summed E-state index contributed by atoms with van der Waals surface area (Å²) < 4.78 is 10.6. The summed E-state index contributed by atoms with van der Waals surface area (Å²) in [5, 5.41) is 12.4. The number of carbonyl (C=O) groups excluding carboxylic acids is 2. The summed E-state index contributed by atoms with van der Waals surface area (Å²) in [6.07, 6.45) is 30.3. The molecule has 2 N–H and O–H groups in total. The average Bonchev–Trinajstić information content (AvgIpc) is 3.36. The number of aliphatic hydroxyl groups is 1. The van der Waals surface area contributed by atoms with Crippen LogP contribution in [0.15, 0.2) is 0 Å². The van der Waals surface area contributed by atoms with Crippen molar-refractivity contribution in [1.29, 1.82) is 0 Å². The molecule has 0 aliphatic carbocycles. The van der Waals surface area contributed by atoms with E-state index in [1.807, 2.05) is 0 Å². The second kappa shape index (κ2) is 26.1. The molecule has 0 aromatic heterocycles. The highest BCUT2D eigenvalue weighted by Gasteiger charge is 2.28. The summed E-state index contributed by atoms with van der Waals surface area (Å²) in [6, 6.07) is -0.570. The zero-order valence-electron chi connectivity index (χ0n) is 24.8. The van der Waals surface area contributed by atoms with E-state index >= 15 is 0 Å². The van der Waals surface area contributed by atoms with Gasteiger partial charge >= 0.3 is 5.97 Å². The number of hydrogen-bond acceptors (Lipinski definition) is 5. The Morgan fingerprint density at radius 2 is 1.16 bits per heavy atom.